The Hall–Kier alpha value is -1.06. The van der Waals surface area contributed by atoms with E-state index in [9.17, 15) is 4.79 Å². The lowest BCUT2D eigenvalue weighted by Gasteiger charge is -2.02. The lowest BCUT2D eigenvalue weighted by Crippen LogP contribution is -2.16. The Bertz CT molecular complexity index is 191. The molecule has 2 N–H and O–H groups in total. The highest BCUT2D eigenvalue weighted by molar-refractivity contribution is 5.85. The van der Waals surface area contributed by atoms with Crippen molar-refractivity contribution in [3.05, 3.63) is 0 Å². The van der Waals surface area contributed by atoms with Crippen LogP contribution in [-0.2, 0) is 0 Å². The summed E-state index contributed by atoms with van der Waals surface area (Å²) >= 11 is 0. The number of nitrogens with zero attached hydrogens (tertiary/aromatic N) is 1. The van der Waals surface area contributed by atoms with Gasteiger partial charge in [0, 0.05) is 5.71 Å². The summed E-state index contributed by atoms with van der Waals surface area (Å²) in [5.74, 6) is 0. The van der Waals surface area contributed by atoms with Crippen molar-refractivity contribution in [1.82, 2.24) is 5.43 Å². The highest BCUT2D eigenvalue weighted by Gasteiger charge is 1.98. The number of hydrogen-bond donors (Lipinski definition) is 2. The van der Waals surface area contributed by atoms with E-state index in [2.05, 4.69) is 12.0 Å². The first-order chi connectivity index (χ1) is 6.70. The third kappa shape index (κ3) is 7.58. The minimum atomic E-state index is -1.09. The van der Waals surface area contributed by atoms with E-state index in [0.717, 1.165) is 25.0 Å². The predicted octanol–water partition coefficient (Wildman–Crippen LogP) is 2.99. The number of amides is 1. The molecule has 4 nitrogen and oxygen atoms in total. The van der Waals surface area contributed by atoms with E-state index in [1.54, 1.807) is 0 Å². The van der Waals surface area contributed by atoms with Crippen LogP contribution in [0, 0.1) is 0 Å². The van der Waals surface area contributed by atoms with Crippen LogP contribution < -0.4 is 5.43 Å². The monoisotopic (exact) mass is 200 g/mol. The average molecular weight is 200 g/mol. The van der Waals surface area contributed by atoms with Crippen LogP contribution in [-0.4, -0.2) is 16.9 Å². The van der Waals surface area contributed by atoms with Crippen LogP contribution in [0.4, 0.5) is 4.79 Å². The van der Waals surface area contributed by atoms with E-state index in [-0.39, 0.29) is 0 Å². The predicted molar refractivity (Wildman–Crippen MR) is 57.6 cm³/mol. The highest BCUT2D eigenvalue weighted by Crippen LogP contribution is 2.05. The van der Waals surface area contributed by atoms with E-state index >= 15 is 0 Å². The number of hydrazone groups is 1. The second-order valence-corrected chi connectivity index (χ2v) is 3.26. The van der Waals surface area contributed by atoms with Gasteiger partial charge in [0.15, 0.2) is 0 Å². The van der Waals surface area contributed by atoms with Gasteiger partial charge < -0.3 is 5.11 Å². The SMILES string of the molecule is CCCCCCC(CC)=NNC(=O)O. The summed E-state index contributed by atoms with van der Waals surface area (Å²) in [6.07, 6.45) is 5.37. The first kappa shape index (κ1) is 12.9. The molecular weight excluding hydrogens is 180 g/mol. The molecule has 0 rings (SSSR count). The fourth-order valence-electron chi connectivity index (χ4n) is 1.19. The van der Waals surface area contributed by atoms with Crippen LogP contribution >= 0.6 is 0 Å². The summed E-state index contributed by atoms with van der Waals surface area (Å²) in [6.45, 7) is 4.16. The number of hydrogen-bond acceptors (Lipinski definition) is 2. The van der Waals surface area contributed by atoms with Gasteiger partial charge in [-0.1, -0.05) is 33.1 Å². The molecule has 0 bridgehead atoms. The summed E-state index contributed by atoms with van der Waals surface area (Å²) < 4.78 is 0. The number of rotatable bonds is 7. The first-order valence-corrected chi connectivity index (χ1v) is 5.25. The summed E-state index contributed by atoms with van der Waals surface area (Å²) in [5.41, 5.74) is 2.98. The second-order valence-electron chi connectivity index (χ2n) is 3.26. The van der Waals surface area contributed by atoms with E-state index in [1.807, 2.05) is 12.3 Å². The molecule has 0 spiro atoms. The van der Waals surface area contributed by atoms with Crippen LogP contribution in [0.15, 0.2) is 5.10 Å². The Morgan fingerprint density at radius 2 is 2.00 bits per heavy atom. The molecule has 0 heterocycles. The molecule has 82 valence electrons. The fourth-order valence-corrected chi connectivity index (χ4v) is 1.19. The average Bonchev–Trinajstić information content (AvgIpc) is 2.16. The quantitative estimate of drug-likeness (QED) is 0.377. The lowest BCUT2D eigenvalue weighted by atomic mass is 10.1. The topological polar surface area (TPSA) is 61.7 Å². The zero-order chi connectivity index (χ0) is 10.8. The molecule has 0 aliphatic heterocycles. The molecule has 0 fully saturated rings. The number of unbranched alkanes of at least 4 members (excludes halogenated alkanes) is 3. The molecule has 0 aliphatic rings. The van der Waals surface area contributed by atoms with E-state index in [0.29, 0.717) is 0 Å². The van der Waals surface area contributed by atoms with Gasteiger partial charge in [-0.05, 0) is 19.3 Å². The van der Waals surface area contributed by atoms with Crippen LogP contribution in [0.25, 0.3) is 0 Å². The Labute approximate surface area is 85.4 Å². The van der Waals surface area contributed by atoms with Crippen molar-refractivity contribution in [2.45, 2.75) is 52.4 Å². The highest BCUT2D eigenvalue weighted by atomic mass is 16.4. The minimum absolute atomic E-state index is 0.812. The van der Waals surface area contributed by atoms with Gasteiger partial charge in [0.05, 0.1) is 0 Å². The minimum Gasteiger partial charge on any atom is -0.464 e. The van der Waals surface area contributed by atoms with Crippen molar-refractivity contribution < 1.29 is 9.90 Å². The van der Waals surface area contributed by atoms with Gasteiger partial charge in [-0.15, -0.1) is 0 Å². The second kappa shape index (κ2) is 8.53. The third-order valence-electron chi connectivity index (χ3n) is 2.04. The fraction of sp³-hybridized carbons (Fsp3) is 0.800. The van der Waals surface area contributed by atoms with Crippen LogP contribution in [0.2, 0.25) is 0 Å². The van der Waals surface area contributed by atoms with E-state index < -0.39 is 6.09 Å². The largest absolute Gasteiger partial charge is 0.464 e. The van der Waals surface area contributed by atoms with E-state index in [4.69, 9.17) is 5.11 Å². The van der Waals surface area contributed by atoms with Crippen molar-refractivity contribution in [2.75, 3.05) is 0 Å². The van der Waals surface area contributed by atoms with Gasteiger partial charge in [0.25, 0.3) is 0 Å². The molecule has 0 aliphatic carbocycles. The molecule has 0 saturated carbocycles. The Balaban J connectivity index is 3.67. The number of carboxylic acid groups (broad SMARTS) is 1. The van der Waals surface area contributed by atoms with Crippen molar-refractivity contribution in [2.24, 2.45) is 5.10 Å². The first-order valence-electron chi connectivity index (χ1n) is 5.25. The van der Waals surface area contributed by atoms with Gasteiger partial charge in [-0.3, -0.25) is 0 Å². The summed E-state index contributed by atoms with van der Waals surface area (Å²) in [5, 5.41) is 12.2. The smallest absolute Gasteiger partial charge is 0.425 e. The molecule has 0 unspecified atom stereocenters. The molecule has 14 heavy (non-hydrogen) atoms. The lowest BCUT2D eigenvalue weighted by molar-refractivity contribution is 0.195. The zero-order valence-electron chi connectivity index (χ0n) is 9.05. The number of carbonyl (C=O) groups is 1. The Morgan fingerprint density at radius 3 is 2.50 bits per heavy atom. The molecule has 0 aromatic heterocycles. The van der Waals surface area contributed by atoms with Crippen LogP contribution in [0.5, 0.6) is 0 Å². The maximum atomic E-state index is 10.2. The van der Waals surface area contributed by atoms with Crippen molar-refractivity contribution in [3.8, 4) is 0 Å². The molecular formula is C10H20N2O2. The molecule has 4 heteroatoms. The van der Waals surface area contributed by atoms with Gasteiger partial charge in [-0.25, -0.2) is 10.2 Å². The normalized spacial score (nSPS) is 11.4. The molecule has 0 saturated heterocycles. The third-order valence-corrected chi connectivity index (χ3v) is 2.04. The van der Waals surface area contributed by atoms with Gasteiger partial charge in [0.1, 0.15) is 0 Å². The summed E-state index contributed by atoms with van der Waals surface area (Å²) in [6, 6.07) is 0. The molecule has 0 aromatic rings. The van der Waals surface area contributed by atoms with Crippen LogP contribution in [0.3, 0.4) is 0 Å². The Morgan fingerprint density at radius 1 is 1.29 bits per heavy atom. The maximum absolute atomic E-state index is 10.2. The molecule has 0 atom stereocenters. The van der Waals surface area contributed by atoms with Gasteiger partial charge in [0.2, 0.25) is 0 Å². The molecule has 1 amide bonds. The van der Waals surface area contributed by atoms with E-state index in [1.165, 1.54) is 19.3 Å². The molecule has 0 radical (unpaired) electrons. The maximum Gasteiger partial charge on any atom is 0.425 e. The Kier molecular flexibility index (Phi) is 7.89. The van der Waals surface area contributed by atoms with Crippen LogP contribution in [0.1, 0.15) is 52.4 Å². The summed E-state index contributed by atoms with van der Waals surface area (Å²) in [7, 11) is 0. The summed E-state index contributed by atoms with van der Waals surface area (Å²) in [4.78, 5) is 10.2. The van der Waals surface area contributed by atoms with Gasteiger partial charge >= 0.3 is 6.09 Å². The standard InChI is InChI=1S/C10H20N2O2/c1-3-5-6-7-8-9(4-2)11-12-10(13)14/h12H,3-8H2,1-2H3,(H,13,14). The van der Waals surface area contributed by atoms with Gasteiger partial charge in [-0.2, -0.15) is 5.10 Å². The molecule has 0 aromatic carbocycles. The van der Waals surface area contributed by atoms with Crippen molar-refractivity contribution in [3.63, 3.8) is 0 Å². The zero-order valence-corrected chi connectivity index (χ0v) is 9.05. The number of nitrogens with one attached hydrogen (secondary N) is 1. The van der Waals surface area contributed by atoms with Crippen molar-refractivity contribution in [1.29, 1.82) is 0 Å². The van der Waals surface area contributed by atoms with Crippen molar-refractivity contribution >= 4 is 11.8 Å².